The van der Waals surface area contributed by atoms with Crippen molar-refractivity contribution in [2.24, 2.45) is 5.73 Å². The lowest BCUT2D eigenvalue weighted by Crippen LogP contribution is -2.37. The summed E-state index contributed by atoms with van der Waals surface area (Å²) in [5.74, 6) is 0.839. The normalized spacial score (nSPS) is 12.4. The fraction of sp³-hybridized carbons (Fsp3) is 0.278. The summed E-state index contributed by atoms with van der Waals surface area (Å²) in [5.41, 5.74) is 7.38. The molecule has 0 saturated carbocycles. The maximum atomic E-state index is 12.0. The van der Waals surface area contributed by atoms with Gasteiger partial charge in [0.25, 0.3) is 0 Å². The van der Waals surface area contributed by atoms with Gasteiger partial charge in [0, 0.05) is 11.9 Å². The van der Waals surface area contributed by atoms with Crippen LogP contribution in [0.4, 0.5) is 5.69 Å². The summed E-state index contributed by atoms with van der Waals surface area (Å²) in [6.45, 7) is 1.98. The molecule has 1 amide bonds. The molecular formula is C18H22N2O4S. The van der Waals surface area contributed by atoms with Crippen LogP contribution in [0.2, 0.25) is 0 Å². The van der Waals surface area contributed by atoms with Gasteiger partial charge in [0.05, 0.1) is 11.8 Å². The van der Waals surface area contributed by atoms with E-state index >= 15 is 0 Å². The Kier molecular flexibility index (Phi) is 6.17. The molecule has 0 aromatic heterocycles. The second-order valence-corrected chi connectivity index (χ2v) is 8.22. The summed E-state index contributed by atoms with van der Waals surface area (Å²) in [6, 6.07) is 13.7. The zero-order valence-electron chi connectivity index (χ0n) is 14.2. The number of rotatable bonds is 7. The highest BCUT2D eigenvalue weighted by Crippen LogP contribution is 2.23. The predicted octanol–water partition coefficient (Wildman–Crippen LogP) is 2.49. The Hall–Kier alpha value is -2.38. The van der Waals surface area contributed by atoms with E-state index in [1.54, 1.807) is 24.3 Å². The Labute approximate surface area is 147 Å². The summed E-state index contributed by atoms with van der Waals surface area (Å²) < 4.78 is 28.0. The van der Waals surface area contributed by atoms with E-state index in [-0.39, 0.29) is 12.2 Å². The number of ether oxygens (including phenoxy) is 1. The highest BCUT2D eigenvalue weighted by Gasteiger charge is 2.16. The van der Waals surface area contributed by atoms with Crippen molar-refractivity contribution < 1.29 is 17.9 Å². The van der Waals surface area contributed by atoms with Gasteiger partial charge in [-0.15, -0.1) is 0 Å². The van der Waals surface area contributed by atoms with E-state index in [9.17, 15) is 13.2 Å². The summed E-state index contributed by atoms with van der Waals surface area (Å²) >= 11 is 0. The van der Waals surface area contributed by atoms with E-state index in [2.05, 4.69) is 5.32 Å². The Morgan fingerprint density at radius 1 is 1.16 bits per heavy atom. The first-order chi connectivity index (χ1) is 11.7. The van der Waals surface area contributed by atoms with Crippen LogP contribution < -0.4 is 15.8 Å². The topological polar surface area (TPSA) is 98.5 Å². The van der Waals surface area contributed by atoms with E-state index in [1.807, 2.05) is 31.2 Å². The minimum atomic E-state index is -3.14. The molecule has 0 aliphatic carbocycles. The van der Waals surface area contributed by atoms with Crippen LogP contribution in [0, 0.1) is 6.92 Å². The Morgan fingerprint density at radius 2 is 1.84 bits per heavy atom. The molecule has 0 aliphatic rings. The largest absolute Gasteiger partial charge is 0.457 e. The van der Waals surface area contributed by atoms with Gasteiger partial charge in [-0.1, -0.05) is 12.1 Å². The maximum Gasteiger partial charge on any atom is 0.241 e. The molecule has 7 heteroatoms. The Bertz CT molecular complexity index is 832. The van der Waals surface area contributed by atoms with Crippen molar-refractivity contribution in [2.45, 2.75) is 19.4 Å². The first-order valence-corrected chi connectivity index (χ1v) is 9.88. The van der Waals surface area contributed by atoms with Crippen molar-refractivity contribution in [1.29, 1.82) is 0 Å². The molecule has 1 atom stereocenters. The quantitative estimate of drug-likeness (QED) is 0.788. The van der Waals surface area contributed by atoms with E-state index in [4.69, 9.17) is 10.5 Å². The smallest absolute Gasteiger partial charge is 0.241 e. The van der Waals surface area contributed by atoms with Crippen molar-refractivity contribution >= 4 is 21.4 Å². The Balaban J connectivity index is 1.92. The Morgan fingerprint density at radius 3 is 2.44 bits per heavy atom. The number of carbonyl (C=O) groups is 1. The standard InChI is InChI=1S/C18H22N2O4S/c1-13-4-3-5-16(12-13)24-15-8-6-14(7-9-15)20-18(21)17(19)10-11-25(2,22)23/h3-9,12,17H,10-11,19H2,1-2H3,(H,20,21). The first-order valence-electron chi connectivity index (χ1n) is 7.82. The maximum absolute atomic E-state index is 12.0. The van der Waals surface area contributed by atoms with Gasteiger partial charge in [0.15, 0.2) is 0 Å². The van der Waals surface area contributed by atoms with Crippen LogP contribution in [0.15, 0.2) is 48.5 Å². The van der Waals surface area contributed by atoms with Crippen LogP contribution in [-0.2, 0) is 14.6 Å². The fourth-order valence-corrected chi connectivity index (χ4v) is 2.81. The zero-order chi connectivity index (χ0) is 18.4. The summed E-state index contributed by atoms with van der Waals surface area (Å²) in [4.78, 5) is 12.0. The number of aryl methyl sites for hydroxylation is 1. The van der Waals surface area contributed by atoms with Crippen molar-refractivity contribution in [1.82, 2.24) is 0 Å². The number of anilines is 1. The van der Waals surface area contributed by atoms with Crippen molar-refractivity contribution in [3.05, 3.63) is 54.1 Å². The first kappa shape index (κ1) is 19.0. The van der Waals surface area contributed by atoms with Crippen LogP contribution in [0.3, 0.4) is 0 Å². The molecule has 0 spiro atoms. The van der Waals surface area contributed by atoms with Gasteiger partial charge in [0.1, 0.15) is 21.3 Å². The van der Waals surface area contributed by atoms with Gasteiger partial charge in [-0.25, -0.2) is 8.42 Å². The number of hydrogen-bond donors (Lipinski definition) is 2. The highest BCUT2D eigenvalue weighted by molar-refractivity contribution is 7.90. The van der Waals surface area contributed by atoms with Crippen LogP contribution in [-0.4, -0.2) is 32.4 Å². The van der Waals surface area contributed by atoms with Crippen LogP contribution in [0.1, 0.15) is 12.0 Å². The number of sulfone groups is 1. The molecular weight excluding hydrogens is 340 g/mol. The van der Waals surface area contributed by atoms with Gasteiger partial charge in [0.2, 0.25) is 5.91 Å². The molecule has 3 N–H and O–H groups in total. The average Bonchev–Trinajstić information content (AvgIpc) is 2.53. The van der Waals surface area contributed by atoms with Gasteiger partial charge < -0.3 is 15.8 Å². The SMILES string of the molecule is Cc1cccc(Oc2ccc(NC(=O)C(N)CCS(C)(=O)=O)cc2)c1. The third-order valence-electron chi connectivity index (χ3n) is 3.48. The summed E-state index contributed by atoms with van der Waals surface area (Å²) in [6.07, 6.45) is 1.20. The summed E-state index contributed by atoms with van der Waals surface area (Å²) in [7, 11) is -3.14. The number of hydrogen-bond acceptors (Lipinski definition) is 5. The molecule has 2 rings (SSSR count). The molecule has 25 heavy (non-hydrogen) atoms. The molecule has 0 saturated heterocycles. The van der Waals surface area contributed by atoms with Crippen LogP contribution in [0.5, 0.6) is 11.5 Å². The van der Waals surface area contributed by atoms with Gasteiger partial charge >= 0.3 is 0 Å². The molecule has 2 aromatic carbocycles. The van der Waals surface area contributed by atoms with E-state index < -0.39 is 21.8 Å². The van der Waals surface area contributed by atoms with Crippen molar-refractivity contribution in [3.63, 3.8) is 0 Å². The molecule has 1 unspecified atom stereocenters. The molecule has 0 fully saturated rings. The second kappa shape index (κ2) is 8.13. The predicted molar refractivity (Wildman–Crippen MR) is 98.6 cm³/mol. The second-order valence-electron chi connectivity index (χ2n) is 5.96. The van der Waals surface area contributed by atoms with Gasteiger partial charge in [-0.2, -0.15) is 0 Å². The van der Waals surface area contributed by atoms with Gasteiger partial charge in [-0.05, 0) is 55.3 Å². The lowest BCUT2D eigenvalue weighted by molar-refractivity contribution is -0.117. The molecule has 134 valence electrons. The number of amides is 1. The van der Waals surface area contributed by atoms with Crippen molar-refractivity contribution in [2.75, 3.05) is 17.3 Å². The molecule has 2 aromatic rings. The minimum absolute atomic E-state index is 0.0826. The van der Waals surface area contributed by atoms with Crippen LogP contribution in [0.25, 0.3) is 0 Å². The third-order valence-corrected chi connectivity index (χ3v) is 4.46. The molecule has 0 aliphatic heterocycles. The van der Waals surface area contributed by atoms with Gasteiger partial charge in [-0.3, -0.25) is 4.79 Å². The molecule has 0 bridgehead atoms. The number of nitrogens with two attached hydrogens (primary N) is 1. The third kappa shape index (κ3) is 6.56. The number of nitrogens with one attached hydrogen (secondary N) is 1. The highest BCUT2D eigenvalue weighted by atomic mass is 32.2. The van der Waals surface area contributed by atoms with Crippen LogP contribution >= 0.6 is 0 Å². The fourth-order valence-electron chi connectivity index (χ4n) is 2.13. The lowest BCUT2D eigenvalue weighted by Gasteiger charge is -2.12. The molecule has 0 radical (unpaired) electrons. The molecule has 0 heterocycles. The van der Waals surface area contributed by atoms with E-state index in [1.165, 1.54) is 0 Å². The number of benzene rings is 2. The van der Waals surface area contributed by atoms with Crippen molar-refractivity contribution in [3.8, 4) is 11.5 Å². The minimum Gasteiger partial charge on any atom is -0.457 e. The lowest BCUT2D eigenvalue weighted by atomic mass is 10.2. The molecule has 6 nitrogen and oxygen atoms in total. The monoisotopic (exact) mass is 362 g/mol. The average molecular weight is 362 g/mol. The van der Waals surface area contributed by atoms with E-state index in [0.29, 0.717) is 11.4 Å². The zero-order valence-corrected chi connectivity index (χ0v) is 15.0. The summed E-state index contributed by atoms with van der Waals surface area (Å²) in [5, 5.41) is 2.66. The van der Waals surface area contributed by atoms with E-state index in [0.717, 1.165) is 17.6 Å². The number of carbonyl (C=O) groups excluding carboxylic acids is 1.